The van der Waals surface area contributed by atoms with Crippen LogP contribution in [0, 0.1) is 0 Å². The molecular weight excluding hydrogens is 272 g/mol. The third-order valence-electron chi connectivity index (χ3n) is 2.73. The van der Waals surface area contributed by atoms with Crippen LogP contribution in [0.2, 0.25) is 0 Å². The summed E-state index contributed by atoms with van der Waals surface area (Å²) in [6.45, 7) is 3.51. The van der Waals surface area contributed by atoms with Crippen molar-refractivity contribution in [1.82, 2.24) is 15.0 Å². The minimum atomic E-state index is -3.21. The lowest BCUT2D eigenvalue weighted by molar-refractivity contribution is 0.0689. The fourth-order valence-electron chi connectivity index (χ4n) is 1.51. The molecule has 1 heterocycles. The summed E-state index contributed by atoms with van der Waals surface area (Å²) >= 11 is 0. The summed E-state index contributed by atoms with van der Waals surface area (Å²) in [4.78, 5) is 10.9. The van der Waals surface area contributed by atoms with Crippen LogP contribution in [0.15, 0.2) is 0 Å². The number of carbonyl (C=O) groups is 1. The number of rotatable bonds is 7. The van der Waals surface area contributed by atoms with Gasteiger partial charge >= 0.3 is 5.97 Å². The number of nitrogens with two attached hydrogens (primary N) is 1. The summed E-state index contributed by atoms with van der Waals surface area (Å²) in [5, 5.41) is 15.7. The fourth-order valence-corrected chi connectivity index (χ4v) is 2.41. The van der Waals surface area contributed by atoms with Crippen molar-refractivity contribution in [3.05, 3.63) is 11.4 Å². The highest BCUT2D eigenvalue weighted by Crippen LogP contribution is 2.08. The van der Waals surface area contributed by atoms with E-state index < -0.39 is 21.1 Å². The molecule has 0 spiro atoms. The zero-order chi connectivity index (χ0) is 14.6. The van der Waals surface area contributed by atoms with Gasteiger partial charge in [0.05, 0.1) is 23.2 Å². The average Bonchev–Trinajstić information content (AvgIpc) is 2.70. The average molecular weight is 290 g/mol. The van der Waals surface area contributed by atoms with Gasteiger partial charge < -0.3 is 10.8 Å². The Hall–Kier alpha value is -1.48. The molecule has 9 heteroatoms. The molecule has 108 valence electrons. The maximum atomic E-state index is 11.7. The Morgan fingerprint density at radius 3 is 2.58 bits per heavy atom. The summed E-state index contributed by atoms with van der Waals surface area (Å²) in [6.07, 6.45) is 0.288. The van der Waals surface area contributed by atoms with E-state index in [2.05, 4.69) is 10.3 Å². The van der Waals surface area contributed by atoms with E-state index in [1.165, 1.54) is 4.68 Å². The van der Waals surface area contributed by atoms with Crippen LogP contribution in [0.1, 0.15) is 30.0 Å². The monoisotopic (exact) mass is 290 g/mol. The lowest BCUT2D eigenvalue weighted by Gasteiger charge is -2.09. The first-order chi connectivity index (χ1) is 8.79. The predicted molar refractivity (Wildman–Crippen MR) is 68.7 cm³/mol. The van der Waals surface area contributed by atoms with Crippen LogP contribution in [-0.2, 0) is 22.8 Å². The van der Waals surface area contributed by atoms with E-state index in [0.29, 0.717) is 5.69 Å². The number of carboxylic acids is 1. The van der Waals surface area contributed by atoms with Gasteiger partial charge in [0.15, 0.2) is 15.5 Å². The van der Waals surface area contributed by atoms with Gasteiger partial charge in [-0.3, -0.25) is 0 Å². The van der Waals surface area contributed by atoms with Crippen molar-refractivity contribution in [2.75, 3.05) is 12.3 Å². The molecule has 0 fully saturated rings. The standard InChI is InChI=1S/C10H18N4O4S/c1-7(2)19(17,18)6-5-14-8(3-4-11)9(10(15)16)12-13-14/h7H,3-6,11H2,1-2H3,(H,15,16). The van der Waals surface area contributed by atoms with Gasteiger partial charge in [0, 0.05) is 6.42 Å². The highest BCUT2D eigenvalue weighted by atomic mass is 32.2. The maximum absolute atomic E-state index is 11.7. The van der Waals surface area contributed by atoms with E-state index in [4.69, 9.17) is 10.8 Å². The van der Waals surface area contributed by atoms with Gasteiger partial charge in [0.2, 0.25) is 0 Å². The van der Waals surface area contributed by atoms with Crippen molar-refractivity contribution in [3.63, 3.8) is 0 Å². The molecule has 19 heavy (non-hydrogen) atoms. The molecule has 1 aromatic rings. The second-order valence-electron chi connectivity index (χ2n) is 4.37. The van der Waals surface area contributed by atoms with Crippen molar-refractivity contribution in [1.29, 1.82) is 0 Å². The van der Waals surface area contributed by atoms with Gasteiger partial charge in [-0.2, -0.15) is 0 Å². The zero-order valence-electron chi connectivity index (χ0n) is 10.9. The Labute approximate surface area is 111 Å². The number of sulfone groups is 1. The van der Waals surface area contributed by atoms with Crippen LogP contribution in [0.25, 0.3) is 0 Å². The lowest BCUT2D eigenvalue weighted by atomic mass is 10.2. The minimum Gasteiger partial charge on any atom is -0.476 e. The molecule has 0 saturated heterocycles. The van der Waals surface area contributed by atoms with E-state index in [-0.39, 0.29) is 31.0 Å². The molecule has 0 atom stereocenters. The molecule has 1 aromatic heterocycles. The number of aromatic nitrogens is 3. The molecule has 0 amide bonds. The maximum Gasteiger partial charge on any atom is 0.358 e. The number of hydrogen-bond acceptors (Lipinski definition) is 6. The van der Waals surface area contributed by atoms with Crippen LogP contribution in [0.3, 0.4) is 0 Å². The Balaban J connectivity index is 2.93. The number of aryl methyl sites for hydroxylation is 1. The summed E-state index contributed by atoms with van der Waals surface area (Å²) in [7, 11) is -3.21. The van der Waals surface area contributed by atoms with Gasteiger partial charge in [-0.1, -0.05) is 5.21 Å². The molecule has 0 saturated carbocycles. The number of hydrogen-bond donors (Lipinski definition) is 2. The van der Waals surface area contributed by atoms with Gasteiger partial charge in [-0.05, 0) is 20.4 Å². The lowest BCUT2D eigenvalue weighted by Crippen LogP contribution is -2.23. The van der Waals surface area contributed by atoms with Crippen molar-refractivity contribution in [2.24, 2.45) is 5.73 Å². The van der Waals surface area contributed by atoms with Crippen LogP contribution >= 0.6 is 0 Å². The van der Waals surface area contributed by atoms with Crippen LogP contribution < -0.4 is 5.73 Å². The summed E-state index contributed by atoms with van der Waals surface area (Å²) in [5.41, 5.74) is 5.59. The normalized spacial score (nSPS) is 12.0. The minimum absolute atomic E-state index is 0.0795. The second kappa shape index (κ2) is 6.11. The topological polar surface area (TPSA) is 128 Å². The molecular formula is C10H18N4O4S. The molecule has 1 rings (SSSR count). The Kier molecular flexibility index (Phi) is 5.01. The molecule has 0 aromatic carbocycles. The number of aromatic carboxylic acids is 1. The van der Waals surface area contributed by atoms with E-state index in [1.807, 2.05) is 0 Å². The first kappa shape index (κ1) is 15.6. The van der Waals surface area contributed by atoms with Crippen molar-refractivity contribution in [2.45, 2.75) is 32.1 Å². The molecule has 0 aliphatic heterocycles. The Morgan fingerprint density at radius 1 is 1.47 bits per heavy atom. The van der Waals surface area contributed by atoms with E-state index >= 15 is 0 Å². The molecule has 8 nitrogen and oxygen atoms in total. The van der Waals surface area contributed by atoms with Gasteiger partial charge in [0.1, 0.15) is 0 Å². The zero-order valence-corrected chi connectivity index (χ0v) is 11.7. The predicted octanol–water partition coefficient (Wildman–Crippen LogP) is -0.699. The molecule has 0 aliphatic rings. The highest BCUT2D eigenvalue weighted by Gasteiger charge is 2.21. The molecule has 0 radical (unpaired) electrons. The SMILES string of the molecule is CC(C)S(=O)(=O)CCn1nnc(C(=O)O)c1CCN. The third kappa shape index (κ3) is 3.74. The molecule has 0 unspecified atom stereocenters. The molecule has 0 bridgehead atoms. The van der Waals surface area contributed by atoms with Crippen molar-refractivity contribution < 1.29 is 18.3 Å². The fraction of sp³-hybridized carbons (Fsp3) is 0.700. The van der Waals surface area contributed by atoms with Gasteiger partial charge in [-0.25, -0.2) is 17.9 Å². The Bertz CT molecular complexity index is 550. The van der Waals surface area contributed by atoms with E-state index in [0.717, 1.165) is 0 Å². The summed E-state index contributed by atoms with van der Waals surface area (Å²) in [5.74, 6) is -1.30. The van der Waals surface area contributed by atoms with Crippen molar-refractivity contribution in [3.8, 4) is 0 Å². The van der Waals surface area contributed by atoms with Gasteiger partial charge in [-0.15, -0.1) is 5.10 Å². The summed E-state index contributed by atoms with van der Waals surface area (Å²) < 4.78 is 24.7. The number of nitrogens with zero attached hydrogens (tertiary/aromatic N) is 3. The van der Waals surface area contributed by atoms with Crippen LogP contribution in [0.5, 0.6) is 0 Å². The Morgan fingerprint density at radius 2 is 2.11 bits per heavy atom. The molecule has 3 N–H and O–H groups in total. The number of carboxylic acid groups (broad SMARTS) is 1. The highest BCUT2D eigenvalue weighted by molar-refractivity contribution is 7.91. The summed E-state index contributed by atoms with van der Waals surface area (Å²) in [6, 6.07) is 0. The quantitative estimate of drug-likeness (QED) is 0.679. The first-order valence-corrected chi connectivity index (χ1v) is 7.58. The van der Waals surface area contributed by atoms with Crippen LogP contribution in [0.4, 0.5) is 0 Å². The van der Waals surface area contributed by atoms with Gasteiger partial charge in [0.25, 0.3) is 0 Å². The third-order valence-corrected chi connectivity index (χ3v) is 4.92. The smallest absolute Gasteiger partial charge is 0.358 e. The second-order valence-corrected chi connectivity index (χ2v) is 7.04. The van der Waals surface area contributed by atoms with E-state index in [9.17, 15) is 13.2 Å². The molecule has 0 aliphatic carbocycles. The first-order valence-electron chi connectivity index (χ1n) is 5.87. The van der Waals surface area contributed by atoms with E-state index in [1.54, 1.807) is 13.8 Å². The largest absolute Gasteiger partial charge is 0.476 e. The van der Waals surface area contributed by atoms with Crippen molar-refractivity contribution >= 4 is 15.8 Å². The van der Waals surface area contributed by atoms with Crippen LogP contribution in [-0.4, -0.2) is 52.0 Å².